The van der Waals surface area contributed by atoms with E-state index in [-0.39, 0.29) is 0 Å². The lowest BCUT2D eigenvalue weighted by Crippen LogP contribution is -2.23. The Kier molecular flexibility index (Phi) is 33.3. The Bertz CT molecular complexity index is 167. The van der Waals surface area contributed by atoms with Gasteiger partial charge in [-0.3, -0.25) is 0 Å². The minimum absolute atomic E-state index is 0.768. The maximum atomic E-state index is 8.56. The van der Waals surface area contributed by atoms with Gasteiger partial charge in [-0.25, -0.2) is 4.79 Å². The molecule has 0 fully saturated rings. The van der Waals surface area contributed by atoms with Crippen LogP contribution in [0.3, 0.4) is 0 Å². The molecule has 0 bridgehead atoms. The summed E-state index contributed by atoms with van der Waals surface area (Å²) in [7, 11) is 6.77. The molecule has 0 unspecified atom stereocenters. The molecule has 0 radical (unpaired) electrons. The summed E-state index contributed by atoms with van der Waals surface area (Å²) in [6, 6.07) is 0. The molecule has 0 spiro atoms. The average Bonchev–Trinajstić information content (AvgIpc) is 2.47. The molecule has 9 heteroatoms. The van der Waals surface area contributed by atoms with E-state index in [1.807, 2.05) is 0 Å². The fourth-order valence-electron chi connectivity index (χ4n) is 0.947. The first-order valence-corrected chi connectivity index (χ1v) is 6.85. The number of carbonyl (C=O) groups is 1. The third-order valence-electron chi connectivity index (χ3n) is 1.93. The second kappa shape index (κ2) is 28.2. The molecule has 0 aromatic rings. The molecule has 0 aromatic heterocycles. The third kappa shape index (κ3) is 50.8. The van der Waals surface area contributed by atoms with Gasteiger partial charge in [0.1, 0.15) is 0 Å². The number of hydrogen-bond donors (Lipinski definition) is 4. The van der Waals surface area contributed by atoms with Gasteiger partial charge in [0, 0.05) is 54.6 Å². The zero-order valence-electron chi connectivity index (χ0n) is 14.1. The summed E-state index contributed by atoms with van der Waals surface area (Å²) < 4.78 is 19.3. The smallest absolute Gasteiger partial charge is 0.450 e. The Morgan fingerprint density at radius 2 is 0.864 bits per heavy atom. The molecule has 0 aliphatic heterocycles. The molecule has 0 heterocycles. The summed E-state index contributed by atoms with van der Waals surface area (Å²) in [4.78, 5) is 8.56. The van der Waals surface area contributed by atoms with E-state index in [2.05, 4.69) is 10.6 Å². The average molecular weight is 328 g/mol. The van der Waals surface area contributed by atoms with Crippen LogP contribution in [0.1, 0.15) is 0 Å². The van der Waals surface area contributed by atoms with Crippen molar-refractivity contribution in [2.75, 3.05) is 81.0 Å². The van der Waals surface area contributed by atoms with Gasteiger partial charge in [-0.15, -0.1) is 0 Å². The van der Waals surface area contributed by atoms with Gasteiger partial charge in [0.25, 0.3) is 0 Å². The Labute approximate surface area is 132 Å². The predicted octanol–water partition coefficient (Wildman–Crippen LogP) is -0.0400. The predicted molar refractivity (Wildman–Crippen MR) is 83.9 cm³/mol. The van der Waals surface area contributed by atoms with E-state index in [1.54, 1.807) is 28.4 Å². The largest absolute Gasteiger partial charge is 0.503 e. The van der Waals surface area contributed by atoms with Crippen LogP contribution in [-0.2, 0) is 18.9 Å². The molecule has 4 N–H and O–H groups in total. The molecule has 136 valence electrons. The molecular formula is C13H32N2O7. The van der Waals surface area contributed by atoms with Crippen molar-refractivity contribution >= 4 is 6.16 Å². The number of hydrogen-bond acceptors (Lipinski definition) is 7. The topological polar surface area (TPSA) is 119 Å². The number of carboxylic acid groups (broad SMARTS) is 2. The number of ether oxygens (including phenoxy) is 4. The summed E-state index contributed by atoms with van der Waals surface area (Å²) in [6.07, 6.45) is -1.83. The Morgan fingerprint density at radius 3 is 1.00 bits per heavy atom. The summed E-state index contributed by atoms with van der Waals surface area (Å²) in [6.45, 7) is 6.68. The summed E-state index contributed by atoms with van der Waals surface area (Å²) in [5.41, 5.74) is 0. The van der Waals surface area contributed by atoms with Crippen LogP contribution in [-0.4, -0.2) is 97.4 Å². The summed E-state index contributed by atoms with van der Waals surface area (Å²) in [5, 5.41) is 20.2. The molecule has 0 aliphatic rings. The van der Waals surface area contributed by atoms with Crippen molar-refractivity contribution in [1.29, 1.82) is 0 Å². The quantitative estimate of drug-likeness (QED) is 0.366. The first kappa shape index (κ1) is 26.0. The Morgan fingerprint density at radius 1 is 0.682 bits per heavy atom. The van der Waals surface area contributed by atoms with E-state index in [0.717, 1.165) is 52.6 Å². The first-order valence-electron chi connectivity index (χ1n) is 6.85. The highest BCUT2D eigenvalue weighted by atomic mass is 16.6. The highest BCUT2D eigenvalue weighted by Crippen LogP contribution is 1.66. The van der Waals surface area contributed by atoms with Crippen LogP contribution < -0.4 is 10.6 Å². The number of rotatable bonds is 12. The summed E-state index contributed by atoms with van der Waals surface area (Å²) >= 11 is 0. The fourth-order valence-corrected chi connectivity index (χ4v) is 0.947. The van der Waals surface area contributed by atoms with Crippen molar-refractivity contribution in [2.45, 2.75) is 0 Å². The number of nitrogens with one attached hydrogen (secondary N) is 2. The van der Waals surface area contributed by atoms with Gasteiger partial charge in [0.2, 0.25) is 0 Å². The minimum Gasteiger partial charge on any atom is -0.450 e. The van der Waals surface area contributed by atoms with Gasteiger partial charge in [0.15, 0.2) is 0 Å². The van der Waals surface area contributed by atoms with Crippen molar-refractivity contribution in [1.82, 2.24) is 10.6 Å². The van der Waals surface area contributed by atoms with Gasteiger partial charge in [-0.1, -0.05) is 0 Å². The van der Waals surface area contributed by atoms with Crippen LogP contribution in [0.25, 0.3) is 0 Å². The minimum atomic E-state index is -1.83. The van der Waals surface area contributed by atoms with Crippen LogP contribution >= 0.6 is 0 Å². The first-order chi connectivity index (χ1) is 10.6. The zero-order valence-corrected chi connectivity index (χ0v) is 14.1. The monoisotopic (exact) mass is 328 g/mol. The van der Waals surface area contributed by atoms with E-state index < -0.39 is 6.16 Å². The van der Waals surface area contributed by atoms with Crippen LogP contribution in [0, 0.1) is 0 Å². The van der Waals surface area contributed by atoms with Crippen LogP contribution in [0.5, 0.6) is 0 Å². The van der Waals surface area contributed by atoms with Crippen molar-refractivity contribution in [3.05, 3.63) is 0 Å². The molecular weight excluding hydrogens is 296 g/mol. The van der Waals surface area contributed by atoms with Crippen LogP contribution in [0.15, 0.2) is 0 Å². The maximum absolute atomic E-state index is 8.56. The molecule has 0 aromatic carbocycles. The molecule has 9 nitrogen and oxygen atoms in total. The highest BCUT2D eigenvalue weighted by molar-refractivity contribution is 5.53. The lowest BCUT2D eigenvalue weighted by molar-refractivity contribution is 0.137. The second-order valence-corrected chi connectivity index (χ2v) is 3.75. The van der Waals surface area contributed by atoms with Gasteiger partial charge < -0.3 is 39.8 Å². The van der Waals surface area contributed by atoms with Crippen molar-refractivity contribution in [2.24, 2.45) is 0 Å². The van der Waals surface area contributed by atoms with E-state index in [9.17, 15) is 0 Å². The molecule has 0 aliphatic carbocycles. The summed E-state index contributed by atoms with van der Waals surface area (Å²) in [5.74, 6) is 0. The molecule has 0 saturated carbocycles. The van der Waals surface area contributed by atoms with Gasteiger partial charge >= 0.3 is 6.16 Å². The van der Waals surface area contributed by atoms with Crippen LogP contribution in [0.2, 0.25) is 0 Å². The van der Waals surface area contributed by atoms with E-state index >= 15 is 0 Å². The standard InChI is InChI=1S/2C6H15NO2.CH2O3/c2*1-8-5-3-7-4-6-9-2;2-1(3)4/h2*7H,3-6H2,1-2H3;(H2,2,3,4). The SMILES string of the molecule is COCCNCCOC.COCCNCCOC.O=C(O)O. The van der Waals surface area contributed by atoms with Crippen LogP contribution in [0.4, 0.5) is 4.79 Å². The Balaban J connectivity index is -0.000000266. The fraction of sp³-hybridized carbons (Fsp3) is 0.923. The van der Waals surface area contributed by atoms with Gasteiger partial charge in [-0.05, 0) is 0 Å². The highest BCUT2D eigenvalue weighted by Gasteiger charge is 1.83. The van der Waals surface area contributed by atoms with Gasteiger partial charge in [0.05, 0.1) is 26.4 Å². The van der Waals surface area contributed by atoms with E-state index in [1.165, 1.54) is 0 Å². The molecule has 22 heavy (non-hydrogen) atoms. The molecule has 0 saturated heterocycles. The zero-order chi connectivity index (χ0) is 17.5. The van der Waals surface area contributed by atoms with Crippen molar-refractivity contribution in [3.63, 3.8) is 0 Å². The van der Waals surface area contributed by atoms with Crippen molar-refractivity contribution < 1.29 is 34.0 Å². The second-order valence-electron chi connectivity index (χ2n) is 3.75. The normalized spacial score (nSPS) is 9.27. The third-order valence-corrected chi connectivity index (χ3v) is 1.93. The molecule has 0 amide bonds. The van der Waals surface area contributed by atoms with Gasteiger partial charge in [-0.2, -0.15) is 0 Å². The number of methoxy groups -OCH3 is 4. The van der Waals surface area contributed by atoms with E-state index in [0.29, 0.717) is 0 Å². The lowest BCUT2D eigenvalue weighted by Gasteiger charge is -2.01. The lowest BCUT2D eigenvalue weighted by atomic mass is 10.6. The van der Waals surface area contributed by atoms with E-state index in [4.69, 9.17) is 34.0 Å². The maximum Gasteiger partial charge on any atom is 0.503 e. The van der Waals surface area contributed by atoms with Crippen molar-refractivity contribution in [3.8, 4) is 0 Å². The molecule has 0 atom stereocenters. The Hall–Kier alpha value is -0.970. The molecule has 0 rings (SSSR count).